The van der Waals surface area contributed by atoms with Gasteiger partial charge in [0.2, 0.25) is 0 Å². The van der Waals surface area contributed by atoms with E-state index in [4.69, 9.17) is 14.6 Å². The Morgan fingerprint density at radius 3 is 2.48 bits per heavy atom. The molecule has 9 nitrogen and oxygen atoms in total. The number of ether oxygens (including phenoxy) is 2. The van der Waals surface area contributed by atoms with Gasteiger partial charge in [-0.05, 0) is 25.3 Å². The summed E-state index contributed by atoms with van der Waals surface area (Å²) >= 11 is 1.56. The first-order chi connectivity index (χ1) is 15.0. The van der Waals surface area contributed by atoms with E-state index in [-0.39, 0.29) is 5.91 Å². The minimum atomic E-state index is -0.0700. The molecule has 0 radical (unpaired) electrons. The average molecular weight is 443 g/mol. The van der Waals surface area contributed by atoms with Gasteiger partial charge in [0.05, 0.1) is 20.8 Å². The van der Waals surface area contributed by atoms with Crippen molar-refractivity contribution in [2.24, 2.45) is 7.05 Å². The van der Waals surface area contributed by atoms with Crippen LogP contribution in [0.15, 0.2) is 23.4 Å². The molecule has 0 unspecified atom stereocenters. The lowest BCUT2D eigenvalue weighted by atomic mass is 10.0. The van der Waals surface area contributed by atoms with Crippen molar-refractivity contribution in [2.45, 2.75) is 31.6 Å². The Kier molecular flexibility index (Phi) is 5.90. The molecule has 164 valence electrons. The minimum absolute atomic E-state index is 0.0700. The Hall–Kier alpha value is -3.01. The van der Waals surface area contributed by atoms with Crippen molar-refractivity contribution >= 4 is 17.7 Å². The number of benzene rings is 1. The second-order valence-electron chi connectivity index (χ2n) is 7.23. The molecule has 10 heteroatoms. The second kappa shape index (κ2) is 8.62. The first-order valence-corrected chi connectivity index (χ1v) is 11.3. The van der Waals surface area contributed by atoms with Gasteiger partial charge in [-0.1, -0.05) is 11.8 Å². The molecule has 0 spiro atoms. The lowest BCUT2D eigenvalue weighted by Gasteiger charge is -2.28. The minimum Gasteiger partial charge on any atom is -0.497 e. The smallest absolute Gasteiger partial charge is 0.254 e. The highest BCUT2D eigenvalue weighted by molar-refractivity contribution is 7.98. The average Bonchev–Trinajstić information content (AvgIpc) is 3.37. The largest absolute Gasteiger partial charge is 0.497 e. The van der Waals surface area contributed by atoms with Crippen molar-refractivity contribution in [2.75, 3.05) is 27.0 Å². The Balaban J connectivity index is 1.69. The summed E-state index contributed by atoms with van der Waals surface area (Å²) in [6.07, 6.45) is 2.71. The molecular formula is C21H26N6O3S. The number of carbonyl (C=O) groups excluding carboxylic acids is 1. The molecule has 4 rings (SSSR count). The van der Waals surface area contributed by atoms with Crippen LogP contribution in [0.3, 0.4) is 0 Å². The Morgan fingerprint density at radius 2 is 1.87 bits per heavy atom. The fourth-order valence-corrected chi connectivity index (χ4v) is 4.52. The van der Waals surface area contributed by atoms with Crippen LogP contribution in [0.25, 0.3) is 11.5 Å². The lowest BCUT2D eigenvalue weighted by molar-refractivity contribution is 0.0733. The van der Waals surface area contributed by atoms with Crippen LogP contribution in [-0.2, 0) is 26.6 Å². The summed E-state index contributed by atoms with van der Waals surface area (Å²) in [6, 6.07) is 5.23. The van der Waals surface area contributed by atoms with Crippen molar-refractivity contribution in [3.8, 4) is 23.0 Å². The number of fused-ring (bicyclic) bond motifs is 1. The third kappa shape index (κ3) is 3.76. The van der Waals surface area contributed by atoms with Gasteiger partial charge in [0, 0.05) is 49.4 Å². The SMILES string of the molecule is CCn1c(SC)nnc1-c1nn(C)c2c1CN(C(=O)c1cc(OC)cc(OC)c1)CC2. The third-order valence-electron chi connectivity index (χ3n) is 5.56. The number of nitrogens with zero attached hydrogens (tertiary/aromatic N) is 6. The van der Waals surface area contributed by atoms with Crippen molar-refractivity contribution in [1.29, 1.82) is 0 Å². The predicted octanol–water partition coefficient (Wildman–Crippen LogP) is 2.64. The lowest BCUT2D eigenvalue weighted by Crippen LogP contribution is -2.36. The summed E-state index contributed by atoms with van der Waals surface area (Å²) in [5.41, 5.74) is 3.46. The van der Waals surface area contributed by atoms with Crippen LogP contribution >= 0.6 is 11.8 Å². The van der Waals surface area contributed by atoms with Gasteiger partial charge in [-0.15, -0.1) is 10.2 Å². The number of carbonyl (C=O) groups is 1. The van der Waals surface area contributed by atoms with Crippen molar-refractivity contribution in [3.05, 3.63) is 35.0 Å². The van der Waals surface area contributed by atoms with Crippen LogP contribution in [0.2, 0.25) is 0 Å². The first-order valence-electron chi connectivity index (χ1n) is 10.0. The predicted molar refractivity (Wildman–Crippen MR) is 118 cm³/mol. The summed E-state index contributed by atoms with van der Waals surface area (Å²) in [4.78, 5) is 15.2. The maximum Gasteiger partial charge on any atom is 0.254 e. The van der Waals surface area contributed by atoms with E-state index in [0.717, 1.165) is 40.9 Å². The van der Waals surface area contributed by atoms with Gasteiger partial charge in [-0.2, -0.15) is 5.10 Å². The van der Waals surface area contributed by atoms with Crippen molar-refractivity contribution in [1.82, 2.24) is 29.4 Å². The topological polar surface area (TPSA) is 87.3 Å². The van der Waals surface area contributed by atoms with Gasteiger partial charge >= 0.3 is 0 Å². The molecule has 1 aliphatic heterocycles. The zero-order valence-electron chi connectivity index (χ0n) is 18.4. The fraction of sp³-hybridized carbons (Fsp3) is 0.429. The number of hydrogen-bond acceptors (Lipinski definition) is 7. The molecule has 0 saturated heterocycles. The summed E-state index contributed by atoms with van der Waals surface area (Å²) in [5, 5.41) is 14.3. The number of aromatic nitrogens is 5. The van der Waals surface area contributed by atoms with Crippen LogP contribution in [0.5, 0.6) is 11.5 Å². The van der Waals surface area contributed by atoms with E-state index in [1.807, 2.05) is 22.9 Å². The highest BCUT2D eigenvalue weighted by Crippen LogP contribution is 2.32. The standard InChI is InChI=1S/C21H26N6O3S/c1-6-27-19(22-23-21(27)31-5)18-16-12-26(8-7-17(16)25(2)24-18)20(28)13-9-14(29-3)11-15(10-13)30-4/h9-11H,6-8,12H2,1-5H3. The molecule has 3 heterocycles. The van der Waals surface area contributed by atoms with Crippen LogP contribution in [0, 0.1) is 0 Å². The molecular weight excluding hydrogens is 416 g/mol. The van der Waals surface area contributed by atoms with E-state index in [9.17, 15) is 4.79 Å². The monoisotopic (exact) mass is 442 g/mol. The van der Waals surface area contributed by atoms with Gasteiger partial charge in [0.15, 0.2) is 11.0 Å². The molecule has 0 atom stereocenters. The normalized spacial score (nSPS) is 13.3. The molecule has 2 aromatic heterocycles. The molecule has 1 aliphatic rings. The molecule has 0 saturated carbocycles. The third-order valence-corrected chi connectivity index (χ3v) is 6.22. The van der Waals surface area contributed by atoms with E-state index in [1.54, 1.807) is 44.2 Å². The fourth-order valence-electron chi connectivity index (χ4n) is 3.96. The van der Waals surface area contributed by atoms with Crippen LogP contribution < -0.4 is 9.47 Å². The zero-order valence-corrected chi connectivity index (χ0v) is 19.2. The van der Waals surface area contributed by atoms with E-state index in [2.05, 4.69) is 21.7 Å². The molecule has 0 bridgehead atoms. The van der Waals surface area contributed by atoms with Crippen molar-refractivity contribution < 1.29 is 14.3 Å². The highest BCUT2D eigenvalue weighted by Gasteiger charge is 2.30. The van der Waals surface area contributed by atoms with Gasteiger partial charge in [-0.3, -0.25) is 9.48 Å². The van der Waals surface area contributed by atoms with Crippen molar-refractivity contribution in [3.63, 3.8) is 0 Å². The summed E-state index contributed by atoms with van der Waals surface area (Å²) in [5.74, 6) is 1.84. The summed E-state index contributed by atoms with van der Waals surface area (Å²) in [7, 11) is 5.09. The molecule has 1 amide bonds. The second-order valence-corrected chi connectivity index (χ2v) is 8.00. The van der Waals surface area contributed by atoms with Crippen LogP contribution in [-0.4, -0.2) is 62.4 Å². The number of hydrogen-bond donors (Lipinski definition) is 0. The summed E-state index contributed by atoms with van der Waals surface area (Å²) < 4.78 is 14.6. The number of amides is 1. The Morgan fingerprint density at radius 1 is 1.16 bits per heavy atom. The highest BCUT2D eigenvalue weighted by atomic mass is 32.2. The van der Waals surface area contributed by atoms with E-state index in [0.29, 0.717) is 30.2 Å². The van der Waals surface area contributed by atoms with Gasteiger partial charge in [-0.25, -0.2) is 0 Å². The maximum absolute atomic E-state index is 13.3. The number of methoxy groups -OCH3 is 2. The van der Waals surface area contributed by atoms with Gasteiger partial charge in [0.1, 0.15) is 17.2 Å². The Bertz CT molecular complexity index is 1100. The molecule has 0 N–H and O–H groups in total. The van der Waals surface area contributed by atoms with E-state index in [1.165, 1.54) is 0 Å². The number of aryl methyl sites for hydroxylation is 1. The number of rotatable bonds is 6. The van der Waals surface area contributed by atoms with E-state index >= 15 is 0 Å². The quantitative estimate of drug-likeness (QED) is 0.542. The molecule has 1 aromatic carbocycles. The number of thioether (sulfide) groups is 1. The molecule has 31 heavy (non-hydrogen) atoms. The summed E-state index contributed by atoms with van der Waals surface area (Å²) in [6.45, 7) is 3.88. The van der Waals surface area contributed by atoms with Gasteiger partial charge < -0.3 is 18.9 Å². The first kappa shape index (κ1) is 21.2. The molecule has 0 fully saturated rings. The van der Waals surface area contributed by atoms with Crippen LogP contribution in [0.4, 0.5) is 0 Å². The maximum atomic E-state index is 13.3. The van der Waals surface area contributed by atoms with Crippen LogP contribution in [0.1, 0.15) is 28.5 Å². The van der Waals surface area contributed by atoms with Gasteiger partial charge in [0.25, 0.3) is 5.91 Å². The zero-order chi connectivity index (χ0) is 22.1. The molecule has 0 aliphatic carbocycles. The molecule has 3 aromatic rings. The Labute approximate surface area is 185 Å². The van der Waals surface area contributed by atoms with E-state index < -0.39 is 0 Å².